The van der Waals surface area contributed by atoms with Gasteiger partial charge < -0.3 is 4.74 Å². The molecule has 0 N–H and O–H groups in total. The van der Waals surface area contributed by atoms with Gasteiger partial charge in [-0.25, -0.2) is 8.42 Å². The van der Waals surface area contributed by atoms with Crippen molar-refractivity contribution in [2.24, 2.45) is 5.92 Å². The third-order valence-electron chi connectivity index (χ3n) is 3.36. The van der Waals surface area contributed by atoms with E-state index in [1.165, 1.54) is 7.11 Å². The van der Waals surface area contributed by atoms with Gasteiger partial charge in [0, 0.05) is 11.5 Å². The number of carbonyl (C=O) groups excluding carboxylic acids is 1. The van der Waals surface area contributed by atoms with Crippen molar-refractivity contribution in [1.82, 2.24) is 0 Å². The average Bonchev–Trinajstić information content (AvgIpc) is 2.33. The summed E-state index contributed by atoms with van der Waals surface area (Å²) in [4.78, 5) is 12.1. The van der Waals surface area contributed by atoms with Gasteiger partial charge in [-0.05, 0) is 19.1 Å². The van der Waals surface area contributed by atoms with Crippen LogP contribution in [0.5, 0.6) is 5.75 Å². The number of ether oxygens (including phenoxy) is 1. The molecule has 1 aromatic carbocycles. The van der Waals surface area contributed by atoms with Crippen LogP contribution in [0.15, 0.2) is 23.1 Å². The number of hydrogen-bond acceptors (Lipinski definition) is 4. The van der Waals surface area contributed by atoms with Crippen LogP contribution < -0.4 is 4.74 Å². The van der Waals surface area contributed by atoms with Crippen molar-refractivity contribution >= 4 is 15.6 Å². The molecule has 0 bridgehead atoms. The Morgan fingerprint density at radius 1 is 1.24 bits per heavy atom. The predicted octanol–water partition coefficient (Wildman–Crippen LogP) is 1.69. The third kappa shape index (κ3) is 1.57. The molecule has 0 aliphatic carbocycles. The maximum absolute atomic E-state index is 12.3. The number of benzene rings is 1. The normalized spacial score (nSPS) is 26.4. The summed E-state index contributed by atoms with van der Waals surface area (Å²) < 4.78 is 29.7. The summed E-state index contributed by atoms with van der Waals surface area (Å²) in [7, 11) is -2.09. The molecule has 0 saturated carbocycles. The van der Waals surface area contributed by atoms with Crippen molar-refractivity contribution in [2.45, 2.75) is 24.0 Å². The highest BCUT2D eigenvalue weighted by Gasteiger charge is 2.42. The lowest BCUT2D eigenvalue weighted by molar-refractivity contribution is 0.0919. The van der Waals surface area contributed by atoms with Gasteiger partial charge in [-0.2, -0.15) is 0 Å². The van der Waals surface area contributed by atoms with E-state index in [4.69, 9.17) is 4.74 Å². The number of rotatable bonds is 1. The van der Waals surface area contributed by atoms with Crippen molar-refractivity contribution < 1.29 is 17.9 Å². The van der Waals surface area contributed by atoms with Crippen molar-refractivity contribution in [3.63, 3.8) is 0 Å². The van der Waals surface area contributed by atoms with Crippen LogP contribution in [0.25, 0.3) is 0 Å². The number of ketones is 1. The highest BCUT2D eigenvalue weighted by atomic mass is 32.2. The molecule has 0 fully saturated rings. The first-order valence-electron chi connectivity index (χ1n) is 5.36. The van der Waals surface area contributed by atoms with Gasteiger partial charge in [-0.15, -0.1) is 0 Å². The number of Topliss-reactive ketones (excluding diaryl/α,β-unsaturated/α-hetero) is 1. The Balaban J connectivity index is 2.83. The Kier molecular flexibility index (Phi) is 2.73. The molecule has 4 nitrogen and oxygen atoms in total. The highest BCUT2D eigenvalue weighted by Crippen LogP contribution is 2.38. The monoisotopic (exact) mass is 254 g/mol. The highest BCUT2D eigenvalue weighted by molar-refractivity contribution is 7.92. The van der Waals surface area contributed by atoms with Gasteiger partial charge in [0.2, 0.25) is 0 Å². The topological polar surface area (TPSA) is 60.4 Å². The van der Waals surface area contributed by atoms with Crippen LogP contribution in [0, 0.1) is 5.92 Å². The van der Waals surface area contributed by atoms with Gasteiger partial charge in [-0.1, -0.05) is 13.0 Å². The Hall–Kier alpha value is -1.36. The zero-order valence-corrected chi connectivity index (χ0v) is 10.7. The van der Waals surface area contributed by atoms with Crippen molar-refractivity contribution in [1.29, 1.82) is 0 Å². The third-order valence-corrected chi connectivity index (χ3v) is 5.73. The summed E-state index contributed by atoms with van der Waals surface area (Å²) in [5, 5.41) is -0.709. The maximum Gasteiger partial charge on any atom is 0.186 e. The zero-order valence-electron chi connectivity index (χ0n) is 9.93. The summed E-state index contributed by atoms with van der Waals surface area (Å²) in [5.74, 6) is -0.407. The van der Waals surface area contributed by atoms with Gasteiger partial charge in [0.25, 0.3) is 0 Å². The molecule has 2 unspecified atom stereocenters. The lowest BCUT2D eigenvalue weighted by Gasteiger charge is -2.27. The molecule has 5 heteroatoms. The lowest BCUT2D eigenvalue weighted by Crippen LogP contribution is -2.37. The van der Waals surface area contributed by atoms with E-state index in [9.17, 15) is 13.2 Å². The minimum atomic E-state index is -3.49. The van der Waals surface area contributed by atoms with E-state index in [1.807, 2.05) is 0 Å². The molecular formula is C12H14O4S. The van der Waals surface area contributed by atoms with E-state index in [0.29, 0.717) is 0 Å². The van der Waals surface area contributed by atoms with E-state index in [-0.39, 0.29) is 22.0 Å². The van der Waals surface area contributed by atoms with Crippen LogP contribution in [0.4, 0.5) is 0 Å². The fraction of sp³-hybridized carbons (Fsp3) is 0.417. The summed E-state index contributed by atoms with van der Waals surface area (Å²) >= 11 is 0. The van der Waals surface area contributed by atoms with E-state index >= 15 is 0 Å². The Labute approximate surface area is 101 Å². The molecule has 92 valence electrons. The van der Waals surface area contributed by atoms with Gasteiger partial charge in [0.05, 0.1) is 12.4 Å². The molecule has 2 atom stereocenters. The molecule has 2 rings (SSSR count). The quantitative estimate of drug-likeness (QED) is 0.765. The second-order valence-corrected chi connectivity index (χ2v) is 6.48. The first-order chi connectivity index (χ1) is 7.91. The van der Waals surface area contributed by atoms with Crippen molar-refractivity contribution in [3.05, 3.63) is 23.8 Å². The summed E-state index contributed by atoms with van der Waals surface area (Å²) in [6.45, 7) is 3.21. The van der Waals surface area contributed by atoms with Crippen LogP contribution in [-0.2, 0) is 9.84 Å². The fourth-order valence-corrected chi connectivity index (χ4v) is 4.02. The Morgan fingerprint density at radius 2 is 1.88 bits per heavy atom. The molecule has 1 aliphatic heterocycles. The van der Waals surface area contributed by atoms with Crippen LogP contribution >= 0.6 is 0 Å². The molecule has 1 aromatic rings. The molecule has 0 spiro atoms. The van der Waals surface area contributed by atoms with Crippen molar-refractivity contribution in [2.75, 3.05) is 7.11 Å². The second-order valence-electron chi connectivity index (χ2n) is 4.24. The smallest absolute Gasteiger partial charge is 0.186 e. The van der Waals surface area contributed by atoms with Gasteiger partial charge in [-0.3, -0.25) is 4.79 Å². The van der Waals surface area contributed by atoms with Crippen molar-refractivity contribution in [3.8, 4) is 5.75 Å². The lowest BCUT2D eigenvalue weighted by atomic mass is 9.96. The predicted molar refractivity (Wildman–Crippen MR) is 63.1 cm³/mol. The van der Waals surface area contributed by atoms with Crippen LogP contribution in [0.1, 0.15) is 24.2 Å². The largest absolute Gasteiger partial charge is 0.495 e. The maximum atomic E-state index is 12.3. The van der Waals surface area contributed by atoms with Gasteiger partial charge in [0.15, 0.2) is 15.6 Å². The number of carbonyl (C=O) groups is 1. The van der Waals surface area contributed by atoms with Crippen LogP contribution in [0.2, 0.25) is 0 Å². The van der Waals surface area contributed by atoms with Gasteiger partial charge >= 0.3 is 0 Å². The first-order valence-corrected chi connectivity index (χ1v) is 6.91. The van der Waals surface area contributed by atoms with E-state index in [2.05, 4.69) is 0 Å². The van der Waals surface area contributed by atoms with Gasteiger partial charge in [0.1, 0.15) is 10.6 Å². The van der Waals surface area contributed by atoms with E-state index in [0.717, 1.165) is 0 Å². The van der Waals surface area contributed by atoms with E-state index in [1.54, 1.807) is 32.0 Å². The molecule has 0 aromatic heterocycles. The molecule has 17 heavy (non-hydrogen) atoms. The summed E-state index contributed by atoms with van der Waals surface area (Å²) in [5.41, 5.74) is 0.245. The summed E-state index contributed by atoms with van der Waals surface area (Å²) in [6.07, 6.45) is 0. The molecule has 1 heterocycles. The Bertz CT molecular complexity index is 574. The molecule has 0 radical (unpaired) electrons. The molecular weight excluding hydrogens is 240 g/mol. The van der Waals surface area contributed by atoms with E-state index < -0.39 is 21.0 Å². The number of sulfone groups is 1. The first kappa shape index (κ1) is 12.1. The minimum Gasteiger partial charge on any atom is -0.495 e. The van der Waals surface area contributed by atoms with Crippen LogP contribution in [-0.4, -0.2) is 26.6 Å². The SMILES string of the molecule is COc1cccc2c1S(=O)(=O)C(C)C(C)C2=O. The number of hydrogen-bond donors (Lipinski definition) is 0. The Morgan fingerprint density at radius 3 is 2.47 bits per heavy atom. The zero-order chi connectivity index (χ0) is 12.8. The van der Waals surface area contributed by atoms with Crippen LogP contribution in [0.3, 0.4) is 0 Å². The minimum absolute atomic E-state index is 0.0399. The molecule has 0 saturated heterocycles. The summed E-state index contributed by atoms with van der Waals surface area (Å²) in [6, 6.07) is 4.74. The number of methoxy groups -OCH3 is 1. The standard InChI is InChI=1S/C12H14O4S/c1-7-8(2)17(14,15)12-9(11(7)13)5-4-6-10(12)16-3/h4-8H,1-3H3. The molecule has 0 amide bonds. The average molecular weight is 254 g/mol. The number of fused-ring (bicyclic) bond motifs is 1. The second kappa shape index (κ2) is 3.84. The molecule has 1 aliphatic rings. The fourth-order valence-electron chi connectivity index (χ4n) is 2.08.